The van der Waals surface area contributed by atoms with Crippen LogP contribution in [0.25, 0.3) is 11.1 Å². The lowest BCUT2D eigenvalue weighted by Gasteiger charge is -2.30. The van der Waals surface area contributed by atoms with E-state index in [-0.39, 0.29) is 5.82 Å². The van der Waals surface area contributed by atoms with Crippen LogP contribution in [0.15, 0.2) is 72.8 Å². The van der Waals surface area contributed by atoms with E-state index in [1.54, 1.807) is 12.1 Å². The van der Waals surface area contributed by atoms with Gasteiger partial charge in [0.2, 0.25) is 0 Å². The molecule has 0 unspecified atom stereocenters. The fourth-order valence-electron chi connectivity index (χ4n) is 5.36. The molecule has 0 aromatic heterocycles. The maximum atomic E-state index is 14.2. The lowest BCUT2D eigenvalue weighted by atomic mass is 9.75. The molecule has 1 aliphatic carbocycles. The van der Waals surface area contributed by atoms with Gasteiger partial charge in [-0.1, -0.05) is 93.3 Å². The number of aryl methyl sites for hydroxylation is 1. The van der Waals surface area contributed by atoms with Crippen molar-refractivity contribution in [2.24, 2.45) is 11.8 Å². The molecule has 0 spiro atoms. The minimum absolute atomic E-state index is 0.299. The third-order valence-corrected chi connectivity index (χ3v) is 7.38. The molecule has 1 nitrogen and oxygen atoms in total. The first kappa shape index (κ1) is 23.5. The van der Waals surface area contributed by atoms with E-state index in [1.807, 2.05) is 13.0 Å². The zero-order valence-corrected chi connectivity index (χ0v) is 20.1. The molecule has 4 rings (SSSR count). The van der Waals surface area contributed by atoms with Crippen LogP contribution >= 0.6 is 0 Å². The molecule has 0 amide bonds. The molecule has 1 fully saturated rings. The van der Waals surface area contributed by atoms with Crippen LogP contribution in [0.4, 0.5) is 4.39 Å². The highest BCUT2D eigenvalue weighted by atomic mass is 19.1. The summed E-state index contributed by atoms with van der Waals surface area (Å²) in [6.07, 6.45) is 9.23. The van der Waals surface area contributed by atoms with E-state index < -0.39 is 0 Å². The predicted molar refractivity (Wildman–Crippen MR) is 136 cm³/mol. The molecule has 1 aliphatic rings. The highest BCUT2D eigenvalue weighted by Crippen LogP contribution is 2.37. The van der Waals surface area contributed by atoms with Gasteiger partial charge in [0.1, 0.15) is 0 Å². The first-order chi connectivity index (χ1) is 16.1. The molecule has 0 heterocycles. The Morgan fingerprint density at radius 3 is 2.18 bits per heavy atom. The second-order valence-electron chi connectivity index (χ2n) is 9.75. The van der Waals surface area contributed by atoms with Crippen LogP contribution in [0.2, 0.25) is 0 Å². The summed E-state index contributed by atoms with van der Waals surface area (Å²) in [6.45, 7) is 4.72. The van der Waals surface area contributed by atoms with Gasteiger partial charge in [0.25, 0.3) is 0 Å². The summed E-state index contributed by atoms with van der Waals surface area (Å²) in [6, 6.07) is 24.8. The van der Waals surface area contributed by atoms with E-state index in [1.165, 1.54) is 49.7 Å². The molecule has 0 aliphatic heterocycles. The number of ether oxygens (including phenoxy) is 1. The zero-order valence-electron chi connectivity index (χ0n) is 20.1. The van der Waals surface area contributed by atoms with Gasteiger partial charge in [0.05, 0.1) is 6.61 Å². The molecule has 33 heavy (non-hydrogen) atoms. The first-order valence-corrected chi connectivity index (χ1v) is 12.7. The van der Waals surface area contributed by atoms with Gasteiger partial charge < -0.3 is 4.74 Å². The Morgan fingerprint density at radius 2 is 1.52 bits per heavy atom. The average molecular weight is 445 g/mol. The molecule has 3 aromatic rings. The van der Waals surface area contributed by atoms with Crippen LogP contribution in [0, 0.1) is 17.7 Å². The summed E-state index contributed by atoms with van der Waals surface area (Å²) in [5, 5.41) is 0. The summed E-state index contributed by atoms with van der Waals surface area (Å²) in [5.74, 6) is 2.42. The van der Waals surface area contributed by atoms with Crippen molar-refractivity contribution in [2.75, 3.05) is 6.61 Å². The lowest BCUT2D eigenvalue weighted by Crippen LogP contribution is -2.16. The van der Waals surface area contributed by atoms with Gasteiger partial charge in [-0.15, -0.1) is 0 Å². The Balaban J connectivity index is 1.23. The van der Waals surface area contributed by atoms with E-state index in [9.17, 15) is 4.39 Å². The second kappa shape index (κ2) is 11.5. The smallest absolute Gasteiger partial charge is 0.165 e. The summed E-state index contributed by atoms with van der Waals surface area (Å²) < 4.78 is 19.5. The van der Waals surface area contributed by atoms with E-state index in [2.05, 4.69) is 61.5 Å². The molecule has 0 bridgehead atoms. The van der Waals surface area contributed by atoms with Crippen molar-refractivity contribution >= 4 is 0 Å². The molecular formula is C31H37FO. The molecule has 2 heteroatoms. The normalized spacial score (nSPS) is 19.2. The van der Waals surface area contributed by atoms with E-state index in [0.717, 1.165) is 29.4 Å². The molecule has 0 radical (unpaired) electrons. The minimum Gasteiger partial charge on any atom is -0.491 e. The molecular weight excluding hydrogens is 407 g/mol. The van der Waals surface area contributed by atoms with Crippen molar-refractivity contribution in [3.8, 4) is 16.9 Å². The maximum absolute atomic E-state index is 14.2. The fraction of sp³-hybridized carbons (Fsp3) is 0.419. The number of hydrogen-bond donors (Lipinski definition) is 0. The Hall–Kier alpha value is -2.61. The number of rotatable bonds is 9. The molecule has 1 saturated carbocycles. The zero-order chi connectivity index (χ0) is 23.0. The molecule has 0 N–H and O–H groups in total. The monoisotopic (exact) mass is 444 g/mol. The van der Waals surface area contributed by atoms with Gasteiger partial charge in [0.15, 0.2) is 11.6 Å². The number of benzene rings is 3. The van der Waals surface area contributed by atoms with Crippen LogP contribution in [0.1, 0.15) is 69.4 Å². The standard InChI is InChI=1S/C31H37FO/c1-3-33-31-20-19-29(22-30(31)32)28-17-15-25(16-18-28)10-9-24-11-13-26(14-12-24)21-23(2)27-7-5-4-6-8-27/h4-8,15-20,22-24,26H,3,9-14,21H2,1-2H3/t23-,24?,26?/m0/s1. The van der Waals surface area contributed by atoms with Crippen LogP contribution in [-0.4, -0.2) is 6.61 Å². The van der Waals surface area contributed by atoms with Crippen molar-refractivity contribution in [3.05, 3.63) is 89.7 Å². The van der Waals surface area contributed by atoms with E-state index in [0.29, 0.717) is 18.3 Å². The molecule has 3 aromatic carbocycles. The lowest BCUT2D eigenvalue weighted by molar-refractivity contribution is 0.245. The van der Waals surface area contributed by atoms with Crippen LogP contribution in [0.3, 0.4) is 0 Å². The quantitative estimate of drug-likeness (QED) is 0.320. The Morgan fingerprint density at radius 1 is 0.848 bits per heavy atom. The topological polar surface area (TPSA) is 9.23 Å². The summed E-state index contributed by atoms with van der Waals surface area (Å²) in [7, 11) is 0. The predicted octanol–water partition coefficient (Wildman–Crippen LogP) is 8.82. The first-order valence-electron chi connectivity index (χ1n) is 12.7. The maximum Gasteiger partial charge on any atom is 0.165 e. The third-order valence-electron chi connectivity index (χ3n) is 7.38. The van der Waals surface area contributed by atoms with Gasteiger partial charge >= 0.3 is 0 Å². The van der Waals surface area contributed by atoms with Crippen molar-refractivity contribution in [2.45, 2.75) is 64.7 Å². The summed E-state index contributed by atoms with van der Waals surface area (Å²) >= 11 is 0. The van der Waals surface area contributed by atoms with E-state index in [4.69, 9.17) is 4.74 Å². The van der Waals surface area contributed by atoms with Gasteiger partial charge in [-0.05, 0) is 78.3 Å². The van der Waals surface area contributed by atoms with Gasteiger partial charge in [0, 0.05) is 0 Å². The van der Waals surface area contributed by atoms with Gasteiger partial charge in [-0.2, -0.15) is 0 Å². The fourth-order valence-corrected chi connectivity index (χ4v) is 5.36. The van der Waals surface area contributed by atoms with Crippen molar-refractivity contribution in [1.29, 1.82) is 0 Å². The highest BCUT2D eigenvalue weighted by Gasteiger charge is 2.23. The molecule has 1 atom stereocenters. The number of hydrogen-bond acceptors (Lipinski definition) is 1. The average Bonchev–Trinajstić information content (AvgIpc) is 2.86. The molecule has 0 saturated heterocycles. The van der Waals surface area contributed by atoms with Gasteiger partial charge in [-0.3, -0.25) is 0 Å². The van der Waals surface area contributed by atoms with Crippen LogP contribution in [-0.2, 0) is 6.42 Å². The van der Waals surface area contributed by atoms with Crippen molar-refractivity contribution < 1.29 is 9.13 Å². The van der Waals surface area contributed by atoms with Crippen LogP contribution in [0.5, 0.6) is 5.75 Å². The Kier molecular flexibility index (Phi) is 8.20. The summed E-state index contributed by atoms with van der Waals surface area (Å²) in [4.78, 5) is 0. The second-order valence-corrected chi connectivity index (χ2v) is 9.75. The largest absolute Gasteiger partial charge is 0.491 e. The Labute approximate surface area is 199 Å². The SMILES string of the molecule is CCOc1ccc(-c2ccc(CCC3CCC(C[C@H](C)c4ccccc4)CC3)cc2)cc1F. The van der Waals surface area contributed by atoms with Gasteiger partial charge in [-0.25, -0.2) is 4.39 Å². The van der Waals surface area contributed by atoms with Crippen LogP contribution < -0.4 is 4.74 Å². The van der Waals surface area contributed by atoms with E-state index >= 15 is 0 Å². The highest BCUT2D eigenvalue weighted by molar-refractivity contribution is 5.64. The Bertz CT molecular complexity index is 987. The van der Waals surface area contributed by atoms with Crippen molar-refractivity contribution in [1.82, 2.24) is 0 Å². The van der Waals surface area contributed by atoms with Crippen molar-refractivity contribution in [3.63, 3.8) is 0 Å². The third kappa shape index (κ3) is 6.47. The number of halogens is 1. The minimum atomic E-state index is -0.299. The molecule has 174 valence electrons. The summed E-state index contributed by atoms with van der Waals surface area (Å²) in [5.41, 5.74) is 4.81.